The van der Waals surface area contributed by atoms with Crippen LogP contribution in [0.25, 0.3) is 0 Å². The minimum Gasteiger partial charge on any atom is -0.323 e. The summed E-state index contributed by atoms with van der Waals surface area (Å²) in [6.45, 7) is 1.79. The van der Waals surface area contributed by atoms with E-state index in [1.165, 1.54) is 12.8 Å². The molecular formula is C8H15N3O. The summed E-state index contributed by atoms with van der Waals surface area (Å²) in [6, 6.07) is -0.127. The van der Waals surface area contributed by atoms with Gasteiger partial charge in [0.1, 0.15) is 0 Å². The Morgan fingerprint density at radius 3 is 2.67 bits per heavy atom. The zero-order chi connectivity index (χ0) is 8.55. The largest absolute Gasteiger partial charge is 0.331 e. The molecule has 0 aromatic rings. The van der Waals surface area contributed by atoms with Crippen molar-refractivity contribution in [1.82, 2.24) is 10.3 Å². The number of hydrogen-bond acceptors (Lipinski definition) is 2. The number of carbonyl (C=O) groups is 1. The molecule has 12 heavy (non-hydrogen) atoms. The summed E-state index contributed by atoms with van der Waals surface area (Å²) >= 11 is 0. The van der Waals surface area contributed by atoms with Gasteiger partial charge in [0.05, 0.1) is 0 Å². The normalized spacial score (nSPS) is 29.1. The van der Waals surface area contributed by atoms with Gasteiger partial charge < -0.3 is 4.90 Å². The van der Waals surface area contributed by atoms with Gasteiger partial charge in [0.2, 0.25) is 0 Å². The van der Waals surface area contributed by atoms with Gasteiger partial charge in [-0.2, -0.15) is 0 Å². The molecule has 2 rings (SSSR count). The third kappa shape index (κ3) is 1.39. The molecule has 0 aromatic heterocycles. The molecule has 1 atom stereocenters. The second-order valence-electron chi connectivity index (χ2n) is 3.78. The van der Waals surface area contributed by atoms with Crippen LogP contribution in [-0.2, 0) is 0 Å². The van der Waals surface area contributed by atoms with Crippen LogP contribution in [0.15, 0.2) is 0 Å². The van der Waals surface area contributed by atoms with E-state index in [0.29, 0.717) is 0 Å². The second kappa shape index (κ2) is 2.94. The van der Waals surface area contributed by atoms with Gasteiger partial charge in [0.25, 0.3) is 0 Å². The van der Waals surface area contributed by atoms with Crippen molar-refractivity contribution in [3.8, 4) is 0 Å². The monoisotopic (exact) mass is 169 g/mol. The van der Waals surface area contributed by atoms with Crippen molar-refractivity contribution in [2.24, 2.45) is 17.7 Å². The van der Waals surface area contributed by atoms with Gasteiger partial charge in [-0.05, 0) is 31.1 Å². The highest BCUT2D eigenvalue weighted by molar-refractivity contribution is 5.73. The predicted octanol–water partition coefficient (Wildman–Crippen LogP) is 0.302. The predicted molar refractivity (Wildman–Crippen MR) is 45.1 cm³/mol. The fourth-order valence-electron chi connectivity index (χ4n) is 2.02. The van der Waals surface area contributed by atoms with Crippen molar-refractivity contribution < 1.29 is 4.79 Å². The molecule has 3 N–H and O–H groups in total. The molecule has 2 aliphatic rings. The molecule has 0 aromatic carbocycles. The number of amides is 2. The molecule has 0 radical (unpaired) electrons. The average molecular weight is 169 g/mol. The van der Waals surface area contributed by atoms with Gasteiger partial charge >= 0.3 is 6.03 Å². The van der Waals surface area contributed by atoms with Crippen molar-refractivity contribution >= 4 is 6.03 Å². The van der Waals surface area contributed by atoms with Crippen LogP contribution in [0.1, 0.15) is 19.3 Å². The summed E-state index contributed by atoms with van der Waals surface area (Å²) in [7, 11) is 0. The Kier molecular flexibility index (Phi) is 1.92. The molecule has 4 nitrogen and oxygen atoms in total. The zero-order valence-electron chi connectivity index (χ0n) is 7.12. The van der Waals surface area contributed by atoms with Crippen molar-refractivity contribution in [3.05, 3.63) is 0 Å². The molecule has 2 amide bonds. The van der Waals surface area contributed by atoms with Crippen LogP contribution in [0.4, 0.5) is 4.79 Å². The maximum atomic E-state index is 11.1. The fourth-order valence-corrected chi connectivity index (χ4v) is 2.02. The molecule has 2 fully saturated rings. The highest BCUT2D eigenvalue weighted by Gasteiger charge is 2.36. The minimum absolute atomic E-state index is 0.127. The molecule has 1 saturated heterocycles. The molecule has 1 unspecified atom stereocenters. The SMILES string of the molecule is NNC(=O)N1CCC(C2CC2)C1. The Bertz CT molecular complexity index is 191. The van der Waals surface area contributed by atoms with Gasteiger partial charge in [0, 0.05) is 13.1 Å². The Labute approximate surface area is 72.1 Å². The summed E-state index contributed by atoms with van der Waals surface area (Å²) in [4.78, 5) is 12.9. The smallest absolute Gasteiger partial charge is 0.323 e. The van der Waals surface area contributed by atoms with Crippen LogP contribution in [0.3, 0.4) is 0 Å². The Balaban J connectivity index is 1.84. The van der Waals surface area contributed by atoms with Crippen molar-refractivity contribution in [3.63, 3.8) is 0 Å². The summed E-state index contributed by atoms with van der Waals surface area (Å²) < 4.78 is 0. The minimum atomic E-state index is -0.127. The van der Waals surface area contributed by atoms with Crippen LogP contribution in [0.5, 0.6) is 0 Å². The van der Waals surface area contributed by atoms with E-state index in [2.05, 4.69) is 5.43 Å². The number of nitrogens with zero attached hydrogens (tertiary/aromatic N) is 1. The van der Waals surface area contributed by atoms with E-state index in [1.807, 2.05) is 4.90 Å². The lowest BCUT2D eigenvalue weighted by Crippen LogP contribution is -2.42. The first kappa shape index (κ1) is 7.86. The molecular weight excluding hydrogens is 154 g/mol. The van der Waals surface area contributed by atoms with Gasteiger partial charge in [-0.25, -0.2) is 10.6 Å². The number of hydrogen-bond donors (Lipinski definition) is 2. The first-order valence-electron chi connectivity index (χ1n) is 4.57. The van der Waals surface area contributed by atoms with Crippen molar-refractivity contribution in [1.29, 1.82) is 0 Å². The molecule has 4 heteroatoms. The van der Waals surface area contributed by atoms with Gasteiger partial charge in [-0.15, -0.1) is 0 Å². The summed E-state index contributed by atoms with van der Waals surface area (Å²) in [5, 5.41) is 0. The number of urea groups is 1. The first-order chi connectivity index (χ1) is 5.81. The van der Waals surface area contributed by atoms with E-state index in [9.17, 15) is 4.79 Å². The van der Waals surface area contributed by atoms with E-state index >= 15 is 0 Å². The van der Waals surface area contributed by atoms with Crippen LogP contribution >= 0.6 is 0 Å². The lowest BCUT2D eigenvalue weighted by atomic mass is 10.0. The lowest BCUT2D eigenvalue weighted by Gasteiger charge is -2.14. The summed E-state index contributed by atoms with van der Waals surface area (Å²) in [5.74, 6) is 6.70. The number of nitrogens with one attached hydrogen (secondary N) is 1. The quantitative estimate of drug-likeness (QED) is 0.337. The van der Waals surface area contributed by atoms with Gasteiger partial charge in [-0.1, -0.05) is 0 Å². The maximum absolute atomic E-state index is 11.1. The van der Waals surface area contributed by atoms with E-state index in [4.69, 9.17) is 5.84 Å². The Morgan fingerprint density at radius 2 is 2.08 bits per heavy atom. The molecule has 1 heterocycles. The molecule has 1 saturated carbocycles. The molecule has 0 bridgehead atoms. The number of nitrogens with two attached hydrogens (primary N) is 1. The van der Waals surface area contributed by atoms with E-state index < -0.39 is 0 Å². The van der Waals surface area contributed by atoms with Crippen LogP contribution in [0, 0.1) is 11.8 Å². The molecule has 68 valence electrons. The van der Waals surface area contributed by atoms with Crippen LogP contribution in [-0.4, -0.2) is 24.0 Å². The standard InChI is InChI=1S/C8H15N3O/c9-10-8(12)11-4-3-7(5-11)6-1-2-6/h6-7H,1-5,9H2,(H,10,12). The van der Waals surface area contributed by atoms with E-state index in [1.54, 1.807) is 0 Å². The maximum Gasteiger partial charge on any atom is 0.331 e. The second-order valence-corrected chi connectivity index (χ2v) is 3.78. The lowest BCUT2D eigenvalue weighted by molar-refractivity contribution is 0.206. The summed E-state index contributed by atoms with van der Waals surface area (Å²) in [6.07, 6.45) is 3.89. The topological polar surface area (TPSA) is 58.4 Å². The van der Waals surface area contributed by atoms with Gasteiger partial charge in [0.15, 0.2) is 0 Å². The first-order valence-corrected chi connectivity index (χ1v) is 4.57. The highest BCUT2D eigenvalue weighted by Crippen LogP contribution is 2.41. The molecule has 1 aliphatic heterocycles. The Hall–Kier alpha value is -0.770. The third-order valence-electron chi connectivity index (χ3n) is 2.92. The Morgan fingerprint density at radius 1 is 1.33 bits per heavy atom. The number of rotatable bonds is 1. The summed E-state index contributed by atoms with van der Waals surface area (Å²) in [5.41, 5.74) is 2.17. The third-order valence-corrected chi connectivity index (χ3v) is 2.92. The van der Waals surface area contributed by atoms with Gasteiger partial charge in [-0.3, -0.25) is 5.43 Å². The van der Waals surface area contributed by atoms with Crippen molar-refractivity contribution in [2.75, 3.05) is 13.1 Å². The van der Waals surface area contributed by atoms with E-state index in [0.717, 1.165) is 31.3 Å². The molecule has 0 spiro atoms. The highest BCUT2D eigenvalue weighted by atomic mass is 16.2. The average Bonchev–Trinajstić information content (AvgIpc) is 2.83. The fraction of sp³-hybridized carbons (Fsp3) is 0.875. The number of likely N-dealkylation sites (tertiary alicyclic amines) is 1. The zero-order valence-corrected chi connectivity index (χ0v) is 7.12. The number of carbonyl (C=O) groups excluding carboxylic acids is 1. The van der Waals surface area contributed by atoms with Crippen LogP contribution in [0.2, 0.25) is 0 Å². The van der Waals surface area contributed by atoms with Crippen LogP contribution < -0.4 is 11.3 Å². The number of hydrazine groups is 1. The van der Waals surface area contributed by atoms with E-state index in [-0.39, 0.29) is 6.03 Å². The molecule has 1 aliphatic carbocycles. The van der Waals surface area contributed by atoms with Crippen molar-refractivity contribution in [2.45, 2.75) is 19.3 Å².